The molecule has 0 aromatic heterocycles. The summed E-state index contributed by atoms with van der Waals surface area (Å²) >= 11 is 5.84. The Morgan fingerprint density at radius 2 is 2.05 bits per heavy atom. The number of para-hydroxylation sites is 1. The molecular weight excluding hydrogens is 278 g/mol. The Bertz CT molecular complexity index is 671. The number of carbonyl (C=O) groups excluding carboxylic acids is 1. The number of nitrogens with one attached hydrogen (secondary N) is 1. The van der Waals surface area contributed by atoms with Crippen LogP contribution in [-0.2, 0) is 0 Å². The van der Waals surface area contributed by atoms with Crippen LogP contribution in [-0.4, -0.2) is 17.2 Å². The van der Waals surface area contributed by atoms with Gasteiger partial charge in [-0.1, -0.05) is 23.7 Å². The summed E-state index contributed by atoms with van der Waals surface area (Å²) in [5.41, 5.74) is 9.28. The molecule has 0 saturated carbocycles. The van der Waals surface area contributed by atoms with Crippen LogP contribution in [0.15, 0.2) is 47.6 Å². The molecule has 0 unspecified atom stereocenters. The van der Waals surface area contributed by atoms with Crippen molar-refractivity contribution in [2.24, 2.45) is 5.10 Å². The van der Waals surface area contributed by atoms with Crippen molar-refractivity contribution in [3.63, 3.8) is 0 Å². The molecule has 0 aliphatic heterocycles. The highest BCUT2D eigenvalue weighted by Crippen LogP contribution is 2.16. The van der Waals surface area contributed by atoms with E-state index in [4.69, 9.17) is 17.3 Å². The summed E-state index contributed by atoms with van der Waals surface area (Å²) in [6.45, 7) is 0. The molecule has 0 fully saturated rings. The average Bonchev–Trinajstić information content (AvgIpc) is 2.43. The number of benzene rings is 2. The highest BCUT2D eigenvalue weighted by atomic mass is 35.5. The van der Waals surface area contributed by atoms with Crippen LogP contribution in [0, 0.1) is 0 Å². The van der Waals surface area contributed by atoms with Gasteiger partial charge in [-0.05, 0) is 30.3 Å². The van der Waals surface area contributed by atoms with Crippen LogP contribution in [0.25, 0.3) is 0 Å². The quantitative estimate of drug-likeness (QED) is 0.460. The van der Waals surface area contributed by atoms with Crippen molar-refractivity contribution in [1.82, 2.24) is 5.43 Å². The molecule has 0 bridgehead atoms. The number of aromatic hydroxyl groups is 1. The van der Waals surface area contributed by atoms with Crippen LogP contribution in [0.3, 0.4) is 0 Å². The van der Waals surface area contributed by atoms with Gasteiger partial charge in [0.2, 0.25) is 0 Å². The summed E-state index contributed by atoms with van der Waals surface area (Å²) in [5.74, 6) is -0.623. The summed E-state index contributed by atoms with van der Waals surface area (Å²) in [6.07, 6.45) is 1.39. The molecule has 0 aliphatic carbocycles. The summed E-state index contributed by atoms with van der Waals surface area (Å²) in [4.78, 5) is 11.8. The lowest BCUT2D eigenvalue weighted by atomic mass is 10.2. The minimum atomic E-state index is -0.514. The summed E-state index contributed by atoms with van der Waals surface area (Å²) < 4.78 is 0. The van der Waals surface area contributed by atoms with Gasteiger partial charge < -0.3 is 10.8 Å². The smallest absolute Gasteiger partial charge is 0.275 e. The molecule has 0 heterocycles. The Kier molecular flexibility index (Phi) is 4.22. The van der Waals surface area contributed by atoms with Crippen molar-refractivity contribution in [3.05, 3.63) is 58.6 Å². The first-order chi connectivity index (χ1) is 9.58. The van der Waals surface area contributed by atoms with Crippen molar-refractivity contribution in [2.75, 3.05) is 5.73 Å². The number of rotatable bonds is 3. The third-order valence-corrected chi connectivity index (χ3v) is 2.80. The fraction of sp³-hybridized carbons (Fsp3) is 0. The number of carbonyl (C=O) groups is 1. The molecule has 0 spiro atoms. The van der Waals surface area contributed by atoms with Crippen LogP contribution < -0.4 is 11.2 Å². The Hall–Kier alpha value is -2.53. The fourth-order valence-corrected chi connectivity index (χ4v) is 1.72. The number of nitrogen functional groups attached to an aromatic ring is 1. The van der Waals surface area contributed by atoms with Crippen LogP contribution in [0.1, 0.15) is 15.9 Å². The van der Waals surface area contributed by atoms with E-state index in [2.05, 4.69) is 10.5 Å². The predicted molar refractivity (Wildman–Crippen MR) is 79.0 cm³/mol. The molecule has 0 aliphatic rings. The van der Waals surface area contributed by atoms with Gasteiger partial charge in [0.25, 0.3) is 5.91 Å². The number of hydrogen-bond acceptors (Lipinski definition) is 4. The second-order valence-electron chi connectivity index (χ2n) is 3.99. The van der Waals surface area contributed by atoms with Crippen LogP contribution in [0.5, 0.6) is 5.75 Å². The largest absolute Gasteiger partial charge is 0.507 e. The molecule has 0 saturated heterocycles. The zero-order valence-electron chi connectivity index (χ0n) is 10.4. The minimum absolute atomic E-state index is 0.109. The number of phenolic OH excluding ortho intramolecular Hbond substituents is 1. The second kappa shape index (κ2) is 6.08. The molecule has 2 aromatic rings. The minimum Gasteiger partial charge on any atom is -0.507 e. The maximum atomic E-state index is 11.8. The molecule has 0 atom stereocenters. The van der Waals surface area contributed by atoms with Gasteiger partial charge in [0.05, 0.1) is 11.8 Å². The Labute approximate surface area is 120 Å². The van der Waals surface area contributed by atoms with E-state index in [-0.39, 0.29) is 11.3 Å². The van der Waals surface area contributed by atoms with Gasteiger partial charge in [0.1, 0.15) is 5.75 Å². The lowest BCUT2D eigenvalue weighted by molar-refractivity contribution is 0.0952. The van der Waals surface area contributed by atoms with Gasteiger partial charge in [0.15, 0.2) is 0 Å². The molecule has 2 rings (SSSR count). The molecular formula is C14H12ClN3O2. The number of halogens is 1. The number of nitrogens with two attached hydrogens (primary N) is 1. The fourth-order valence-electron chi connectivity index (χ4n) is 1.54. The summed E-state index contributed by atoms with van der Waals surface area (Å²) in [5, 5.41) is 13.8. The predicted octanol–water partition coefficient (Wildman–Crippen LogP) is 2.39. The van der Waals surface area contributed by atoms with E-state index < -0.39 is 5.91 Å². The van der Waals surface area contributed by atoms with Gasteiger partial charge in [-0.25, -0.2) is 5.43 Å². The van der Waals surface area contributed by atoms with E-state index in [0.717, 1.165) is 0 Å². The van der Waals surface area contributed by atoms with E-state index in [1.54, 1.807) is 30.3 Å². The van der Waals surface area contributed by atoms with Crippen molar-refractivity contribution < 1.29 is 9.90 Å². The second-order valence-corrected chi connectivity index (χ2v) is 4.43. The first-order valence-electron chi connectivity index (χ1n) is 5.74. The van der Waals surface area contributed by atoms with E-state index in [9.17, 15) is 9.90 Å². The number of phenols is 1. The summed E-state index contributed by atoms with van der Waals surface area (Å²) in [6, 6.07) is 11.1. The van der Waals surface area contributed by atoms with Crippen molar-refractivity contribution in [3.8, 4) is 5.75 Å². The Balaban J connectivity index is 2.09. The third kappa shape index (κ3) is 3.27. The Morgan fingerprint density at radius 3 is 2.80 bits per heavy atom. The van der Waals surface area contributed by atoms with Gasteiger partial charge >= 0.3 is 0 Å². The number of hydrazone groups is 1. The zero-order valence-corrected chi connectivity index (χ0v) is 11.1. The summed E-state index contributed by atoms with van der Waals surface area (Å²) in [7, 11) is 0. The highest BCUT2D eigenvalue weighted by Gasteiger charge is 2.08. The number of anilines is 1. The van der Waals surface area contributed by atoms with Gasteiger partial charge in [0, 0.05) is 16.3 Å². The first-order valence-corrected chi connectivity index (χ1v) is 6.12. The number of nitrogens with zero attached hydrogens (tertiary/aromatic N) is 1. The van der Waals surface area contributed by atoms with Crippen molar-refractivity contribution in [2.45, 2.75) is 0 Å². The van der Waals surface area contributed by atoms with Gasteiger partial charge in [-0.2, -0.15) is 5.10 Å². The lowest BCUT2D eigenvalue weighted by Crippen LogP contribution is -2.17. The molecule has 5 nitrogen and oxygen atoms in total. The first kappa shape index (κ1) is 13.9. The van der Waals surface area contributed by atoms with E-state index in [1.165, 1.54) is 18.3 Å². The van der Waals surface area contributed by atoms with E-state index >= 15 is 0 Å². The molecule has 1 amide bonds. The zero-order chi connectivity index (χ0) is 14.5. The maximum absolute atomic E-state index is 11.8. The molecule has 0 radical (unpaired) electrons. The average molecular weight is 290 g/mol. The highest BCUT2D eigenvalue weighted by molar-refractivity contribution is 6.31. The van der Waals surface area contributed by atoms with Crippen LogP contribution >= 0.6 is 11.6 Å². The number of hydrogen-bond donors (Lipinski definition) is 3. The molecule has 2 aromatic carbocycles. The molecule has 20 heavy (non-hydrogen) atoms. The number of amides is 1. The molecule has 102 valence electrons. The monoisotopic (exact) mass is 289 g/mol. The Morgan fingerprint density at radius 1 is 1.30 bits per heavy atom. The third-order valence-electron chi connectivity index (χ3n) is 2.57. The lowest BCUT2D eigenvalue weighted by Gasteiger charge is -2.03. The van der Waals surface area contributed by atoms with Gasteiger partial charge in [-0.15, -0.1) is 0 Å². The van der Waals surface area contributed by atoms with Crippen molar-refractivity contribution in [1.29, 1.82) is 0 Å². The SMILES string of the molecule is Nc1ccc(Cl)cc1C=NNC(=O)c1ccccc1O. The normalized spacial score (nSPS) is 10.7. The topological polar surface area (TPSA) is 87.7 Å². The molecule has 6 heteroatoms. The van der Waals surface area contributed by atoms with Crippen LogP contribution in [0.4, 0.5) is 5.69 Å². The van der Waals surface area contributed by atoms with Crippen LogP contribution in [0.2, 0.25) is 5.02 Å². The molecule has 4 N–H and O–H groups in total. The van der Waals surface area contributed by atoms with Crippen molar-refractivity contribution >= 4 is 29.4 Å². The maximum Gasteiger partial charge on any atom is 0.275 e. The van der Waals surface area contributed by atoms with E-state index in [0.29, 0.717) is 16.3 Å². The van der Waals surface area contributed by atoms with Gasteiger partial charge in [-0.3, -0.25) is 4.79 Å². The standard InChI is InChI=1S/C14H12ClN3O2/c15-10-5-6-12(16)9(7-10)8-17-18-14(20)11-3-1-2-4-13(11)19/h1-8,19H,16H2,(H,18,20). The van der Waals surface area contributed by atoms with E-state index in [1.807, 2.05) is 0 Å².